The van der Waals surface area contributed by atoms with Crippen molar-refractivity contribution in [3.8, 4) is 0 Å². The zero-order chi connectivity index (χ0) is 32.6. The summed E-state index contributed by atoms with van der Waals surface area (Å²) in [7, 11) is -4.28. The number of carbonyl (C=O) groups is 2. The van der Waals surface area contributed by atoms with Gasteiger partial charge in [0.15, 0.2) is 0 Å². The molecule has 0 heterocycles. The summed E-state index contributed by atoms with van der Waals surface area (Å²) in [5.41, 5.74) is 1.47. The Morgan fingerprint density at radius 1 is 0.800 bits per heavy atom. The van der Waals surface area contributed by atoms with Gasteiger partial charge in [0.25, 0.3) is 10.0 Å². The third kappa shape index (κ3) is 8.93. The molecule has 7 nitrogen and oxygen atoms in total. The first-order chi connectivity index (χ1) is 21.5. The molecular weight excluding hydrogens is 676 g/mol. The lowest BCUT2D eigenvalue weighted by Gasteiger charge is -2.34. The van der Waals surface area contributed by atoms with Crippen molar-refractivity contribution in [2.45, 2.75) is 37.2 Å². The van der Waals surface area contributed by atoms with Gasteiger partial charge in [0.2, 0.25) is 11.8 Å². The van der Waals surface area contributed by atoms with E-state index in [1.807, 2.05) is 37.3 Å². The summed E-state index contributed by atoms with van der Waals surface area (Å²) in [6.07, 6.45) is 0.854. The second-order valence-corrected chi connectivity index (χ2v) is 13.7. The molecule has 1 N–H and O–H groups in total. The van der Waals surface area contributed by atoms with E-state index in [4.69, 9.17) is 46.4 Å². The number of nitrogens with zero attached hydrogens (tertiary/aromatic N) is 2. The molecular formula is C33H31Cl4N3O4S. The second kappa shape index (κ2) is 15.8. The first-order valence-corrected chi connectivity index (χ1v) is 17.0. The highest BCUT2D eigenvalue weighted by atomic mass is 35.5. The highest BCUT2D eigenvalue weighted by Gasteiger charge is 2.35. The average Bonchev–Trinajstić information content (AvgIpc) is 3.03. The maximum absolute atomic E-state index is 14.5. The lowest BCUT2D eigenvalue weighted by atomic mass is 10.0. The molecule has 4 aromatic rings. The Hall–Kier alpha value is -3.27. The van der Waals surface area contributed by atoms with Gasteiger partial charge in [-0.1, -0.05) is 108 Å². The molecule has 1 atom stereocenters. The Bertz CT molecular complexity index is 1740. The predicted molar refractivity (Wildman–Crippen MR) is 182 cm³/mol. The average molecular weight is 708 g/mol. The molecule has 0 bridgehead atoms. The van der Waals surface area contributed by atoms with Gasteiger partial charge in [-0.2, -0.15) is 0 Å². The molecule has 12 heteroatoms. The number of amides is 2. The molecule has 2 amide bonds. The minimum atomic E-state index is -4.28. The third-order valence-electron chi connectivity index (χ3n) is 6.98. The fourth-order valence-corrected chi connectivity index (χ4v) is 6.83. The Morgan fingerprint density at radius 2 is 1.47 bits per heavy atom. The van der Waals surface area contributed by atoms with Crippen LogP contribution in [0.5, 0.6) is 0 Å². The van der Waals surface area contributed by atoms with Gasteiger partial charge in [-0.3, -0.25) is 13.9 Å². The number of carbonyl (C=O) groups excluding carboxylic acids is 2. The van der Waals surface area contributed by atoms with Crippen LogP contribution < -0.4 is 9.62 Å². The molecule has 4 rings (SSSR count). The van der Waals surface area contributed by atoms with Crippen molar-refractivity contribution >= 4 is 73.9 Å². The molecule has 0 saturated heterocycles. The first kappa shape index (κ1) is 34.6. The summed E-state index contributed by atoms with van der Waals surface area (Å²) in [5.74, 6) is -1.02. The predicted octanol–water partition coefficient (Wildman–Crippen LogP) is 7.66. The fraction of sp³-hybridized carbons (Fsp3) is 0.212. The van der Waals surface area contributed by atoms with Gasteiger partial charge < -0.3 is 10.2 Å². The van der Waals surface area contributed by atoms with Gasteiger partial charge in [0, 0.05) is 29.6 Å². The highest BCUT2D eigenvalue weighted by molar-refractivity contribution is 7.92. The van der Waals surface area contributed by atoms with Crippen molar-refractivity contribution < 1.29 is 18.0 Å². The molecule has 0 spiro atoms. The van der Waals surface area contributed by atoms with Crippen LogP contribution in [0.1, 0.15) is 24.5 Å². The third-order valence-corrected chi connectivity index (χ3v) is 10.1. The molecule has 236 valence electrons. The van der Waals surface area contributed by atoms with E-state index >= 15 is 0 Å². The van der Waals surface area contributed by atoms with Crippen LogP contribution in [-0.2, 0) is 32.6 Å². The number of nitrogens with one attached hydrogen (secondary N) is 1. The van der Waals surface area contributed by atoms with Crippen LogP contribution in [0.4, 0.5) is 5.69 Å². The lowest BCUT2D eigenvalue weighted by molar-refractivity contribution is -0.140. The number of hydrogen-bond donors (Lipinski definition) is 1. The van der Waals surface area contributed by atoms with Gasteiger partial charge in [-0.05, 0) is 60.0 Å². The quantitative estimate of drug-likeness (QED) is 0.155. The minimum Gasteiger partial charge on any atom is -0.354 e. The molecule has 0 aromatic heterocycles. The van der Waals surface area contributed by atoms with Crippen molar-refractivity contribution in [3.63, 3.8) is 0 Å². The van der Waals surface area contributed by atoms with Gasteiger partial charge in [-0.25, -0.2) is 8.42 Å². The van der Waals surface area contributed by atoms with Gasteiger partial charge in [0.1, 0.15) is 12.6 Å². The van der Waals surface area contributed by atoms with Crippen LogP contribution in [0.2, 0.25) is 20.1 Å². The number of benzene rings is 4. The summed E-state index contributed by atoms with van der Waals surface area (Å²) < 4.78 is 29.0. The molecule has 0 aliphatic carbocycles. The molecule has 0 fully saturated rings. The van der Waals surface area contributed by atoms with Crippen molar-refractivity contribution in [2.24, 2.45) is 0 Å². The zero-order valence-corrected chi connectivity index (χ0v) is 28.1. The topological polar surface area (TPSA) is 86.8 Å². The zero-order valence-electron chi connectivity index (χ0n) is 24.3. The molecule has 0 aliphatic heterocycles. The van der Waals surface area contributed by atoms with E-state index in [1.165, 1.54) is 35.2 Å². The smallest absolute Gasteiger partial charge is 0.264 e. The van der Waals surface area contributed by atoms with Crippen LogP contribution >= 0.6 is 46.4 Å². The van der Waals surface area contributed by atoms with Crippen LogP contribution in [0.15, 0.2) is 102 Å². The van der Waals surface area contributed by atoms with E-state index in [1.54, 1.807) is 36.4 Å². The number of rotatable bonds is 13. The number of halogens is 4. The summed E-state index contributed by atoms with van der Waals surface area (Å²) in [4.78, 5) is 29.5. The molecule has 4 aromatic carbocycles. The van der Waals surface area contributed by atoms with Gasteiger partial charge in [0.05, 0.1) is 20.6 Å². The second-order valence-electron chi connectivity index (χ2n) is 10.2. The van der Waals surface area contributed by atoms with Crippen molar-refractivity contribution in [3.05, 3.63) is 128 Å². The lowest BCUT2D eigenvalue weighted by Crippen LogP contribution is -2.53. The minimum absolute atomic E-state index is 0.0299. The molecule has 0 radical (unpaired) electrons. The number of anilines is 1. The van der Waals surface area contributed by atoms with Gasteiger partial charge in [-0.15, -0.1) is 0 Å². The molecule has 0 saturated carbocycles. The number of hydrogen-bond acceptors (Lipinski definition) is 4. The monoisotopic (exact) mass is 705 g/mol. The fourth-order valence-electron chi connectivity index (χ4n) is 4.64. The van der Waals surface area contributed by atoms with E-state index in [9.17, 15) is 18.0 Å². The van der Waals surface area contributed by atoms with Crippen LogP contribution in [-0.4, -0.2) is 44.3 Å². The molecule has 0 unspecified atom stereocenters. The summed E-state index contributed by atoms with van der Waals surface area (Å²) in [6.45, 7) is 1.58. The highest BCUT2D eigenvalue weighted by Crippen LogP contribution is 2.31. The Kier molecular flexibility index (Phi) is 12.2. The summed E-state index contributed by atoms with van der Waals surface area (Å²) in [6, 6.07) is 25.2. The summed E-state index contributed by atoms with van der Waals surface area (Å²) in [5, 5.41) is 3.94. The molecule has 45 heavy (non-hydrogen) atoms. The van der Waals surface area contributed by atoms with Crippen molar-refractivity contribution in [1.82, 2.24) is 10.2 Å². The Morgan fingerprint density at radius 3 is 2.09 bits per heavy atom. The van der Waals surface area contributed by atoms with E-state index in [-0.39, 0.29) is 39.5 Å². The Balaban J connectivity index is 1.82. The summed E-state index contributed by atoms with van der Waals surface area (Å²) >= 11 is 25.1. The van der Waals surface area contributed by atoms with E-state index < -0.39 is 28.5 Å². The first-order valence-electron chi connectivity index (χ1n) is 14.1. The van der Waals surface area contributed by atoms with E-state index in [2.05, 4.69) is 5.32 Å². The largest absolute Gasteiger partial charge is 0.354 e. The maximum atomic E-state index is 14.5. The van der Waals surface area contributed by atoms with E-state index in [0.29, 0.717) is 28.6 Å². The molecule has 0 aliphatic rings. The van der Waals surface area contributed by atoms with Gasteiger partial charge >= 0.3 is 0 Å². The maximum Gasteiger partial charge on any atom is 0.264 e. The van der Waals surface area contributed by atoms with Crippen molar-refractivity contribution in [2.75, 3.05) is 17.4 Å². The SMILES string of the molecule is CCCNC(=O)[C@@H](Cc1ccccc1)N(Cc1ccc(Cl)cc1Cl)C(=O)CN(c1ccc(Cl)c(Cl)c1)S(=O)(=O)c1ccccc1. The standard InChI is InChI=1S/C33H31Cl4N3O4S/c1-2-17-38-33(42)31(18-23-9-5-3-6-10-23)39(21-24-13-14-25(34)19-29(24)36)32(41)22-40(26-15-16-28(35)30(37)20-26)45(43,44)27-11-7-4-8-12-27/h3-16,19-20,31H,2,17-18,21-22H2,1H3,(H,38,42)/t31-/m1/s1. The normalized spacial score (nSPS) is 11.9. The number of sulfonamides is 1. The Labute approximate surface area is 283 Å². The van der Waals surface area contributed by atoms with Crippen LogP contribution in [0, 0.1) is 0 Å². The van der Waals surface area contributed by atoms with Crippen molar-refractivity contribution in [1.29, 1.82) is 0 Å². The van der Waals surface area contributed by atoms with Crippen LogP contribution in [0.3, 0.4) is 0 Å². The van der Waals surface area contributed by atoms with E-state index in [0.717, 1.165) is 9.87 Å². The van der Waals surface area contributed by atoms with Crippen LogP contribution in [0.25, 0.3) is 0 Å².